The standard InChI is InChI=1S/C20H24N2O6/c1-20(2)27-18(24)14(19(25)28-20)12-21-15-8-7-13(17(23)26-3)11-16(15)22-9-5-4-6-10-22/h7-8,11-12,21H,4-6,9-10H2,1-3H3. The van der Waals surface area contributed by atoms with E-state index in [0.29, 0.717) is 11.3 Å². The van der Waals surface area contributed by atoms with Gasteiger partial charge >= 0.3 is 17.9 Å². The molecule has 2 aliphatic rings. The summed E-state index contributed by atoms with van der Waals surface area (Å²) in [5.74, 6) is -3.21. The van der Waals surface area contributed by atoms with Gasteiger partial charge in [0.05, 0.1) is 24.0 Å². The quantitative estimate of drug-likeness (QED) is 0.478. The lowest BCUT2D eigenvalue weighted by atomic mass is 10.1. The number of nitrogens with zero attached hydrogens (tertiary/aromatic N) is 1. The monoisotopic (exact) mass is 388 g/mol. The third-order valence-electron chi connectivity index (χ3n) is 4.60. The molecule has 150 valence electrons. The van der Waals surface area contributed by atoms with Crippen molar-refractivity contribution in [2.75, 3.05) is 30.4 Å². The third kappa shape index (κ3) is 4.27. The predicted molar refractivity (Wildman–Crippen MR) is 102 cm³/mol. The van der Waals surface area contributed by atoms with Crippen molar-refractivity contribution < 1.29 is 28.6 Å². The molecule has 0 unspecified atom stereocenters. The molecule has 2 saturated heterocycles. The van der Waals surface area contributed by atoms with Crippen molar-refractivity contribution in [1.29, 1.82) is 0 Å². The second-order valence-corrected chi connectivity index (χ2v) is 7.15. The number of esters is 3. The number of benzene rings is 1. The Morgan fingerprint density at radius 2 is 1.79 bits per heavy atom. The van der Waals surface area contributed by atoms with Crippen molar-refractivity contribution in [3.63, 3.8) is 0 Å². The van der Waals surface area contributed by atoms with E-state index in [4.69, 9.17) is 14.2 Å². The summed E-state index contributed by atoms with van der Waals surface area (Å²) in [4.78, 5) is 38.3. The van der Waals surface area contributed by atoms with E-state index in [9.17, 15) is 14.4 Å². The molecule has 0 atom stereocenters. The number of hydrogen-bond donors (Lipinski definition) is 1. The van der Waals surface area contributed by atoms with Gasteiger partial charge in [-0.1, -0.05) is 0 Å². The number of piperidine rings is 1. The number of cyclic esters (lactones) is 2. The zero-order chi connectivity index (χ0) is 20.3. The fourth-order valence-corrected chi connectivity index (χ4v) is 3.22. The van der Waals surface area contributed by atoms with Crippen molar-refractivity contribution >= 4 is 29.3 Å². The van der Waals surface area contributed by atoms with Crippen LogP contribution in [0.3, 0.4) is 0 Å². The largest absolute Gasteiger partial charge is 0.465 e. The third-order valence-corrected chi connectivity index (χ3v) is 4.60. The maximum Gasteiger partial charge on any atom is 0.350 e. The molecule has 0 aliphatic carbocycles. The molecule has 8 nitrogen and oxygen atoms in total. The molecule has 0 aromatic heterocycles. The summed E-state index contributed by atoms with van der Waals surface area (Å²) in [6.07, 6.45) is 4.54. The lowest BCUT2D eigenvalue weighted by Gasteiger charge is -2.31. The molecule has 2 heterocycles. The first-order valence-corrected chi connectivity index (χ1v) is 9.21. The number of hydrogen-bond acceptors (Lipinski definition) is 8. The van der Waals surface area contributed by atoms with E-state index < -0.39 is 23.7 Å². The van der Waals surface area contributed by atoms with Crippen LogP contribution in [0.4, 0.5) is 11.4 Å². The predicted octanol–water partition coefficient (Wildman–Crippen LogP) is 2.60. The number of nitrogens with one attached hydrogen (secondary N) is 1. The van der Waals surface area contributed by atoms with Gasteiger partial charge in [-0.3, -0.25) is 0 Å². The second kappa shape index (κ2) is 7.92. The van der Waals surface area contributed by atoms with Gasteiger partial charge < -0.3 is 24.4 Å². The minimum Gasteiger partial charge on any atom is -0.465 e. The first kappa shape index (κ1) is 19.7. The van der Waals surface area contributed by atoms with Crippen molar-refractivity contribution in [2.24, 2.45) is 0 Å². The minimum absolute atomic E-state index is 0.221. The molecule has 3 rings (SSSR count). The average molecular weight is 388 g/mol. The van der Waals surface area contributed by atoms with Gasteiger partial charge in [-0.05, 0) is 37.5 Å². The lowest BCUT2D eigenvalue weighted by Crippen LogP contribution is -2.42. The maximum atomic E-state index is 12.1. The smallest absolute Gasteiger partial charge is 0.350 e. The van der Waals surface area contributed by atoms with Crippen LogP contribution in [-0.4, -0.2) is 43.9 Å². The van der Waals surface area contributed by atoms with Crippen molar-refractivity contribution in [3.05, 3.63) is 35.5 Å². The van der Waals surface area contributed by atoms with E-state index in [-0.39, 0.29) is 5.57 Å². The van der Waals surface area contributed by atoms with Gasteiger partial charge in [-0.15, -0.1) is 0 Å². The van der Waals surface area contributed by atoms with Gasteiger partial charge in [0, 0.05) is 33.1 Å². The molecule has 1 aromatic carbocycles. The zero-order valence-corrected chi connectivity index (χ0v) is 16.2. The van der Waals surface area contributed by atoms with Crippen LogP contribution in [-0.2, 0) is 23.8 Å². The van der Waals surface area contributed by atoms with Crippen LogP contribution in [0.15, 0.2) is 30.0 Å². The Morgan fingerprint density at radius 3 is 2.39 bits per heavy atom. The van der Waals surface area contributed by atoms with Crippen molar-refractivity contribution in [3.8, 4) is 0 Å². The molecule has 1 N–H and O–H groups in total. The van der Waals surface area contributed by atoms with E-state index in [1.54, 1.807) is 18.2 Å². The van der Waals surface area contributed by atoms with Gasteiger partial charge in [0.2, 0.25) is 0 Å². The fourth-order valence-electron chi connectivity index (χ4n) is 3.22. The van der Waals surface area contributed by atoms with Gasteiger partial charge in [-0.25, -0.2) is 14.4 Å². The summed E-state index contributed by atoms with van der Waals surface area (Å²) in [7, 11) is 1.33. The summed E-state index contributed by atoms with van der Waals surface area (Å²) in [5, 5.41) is 3.00. The Balaban J connectivity index is 1.89. The highest BCUT2D eigenvalue weighted by molar-refractivity contribution is 6.15. The molecular weight excluding hydrogens is 364 g/mol. The van der Waals surface area contributed by atoms with Crippen LogP contribution < -0.4 is 10.2 Å². The molecular formula is C20H24N2O6. The van der Waals surface area contributed by atoms with E-state index in [1.807, 2.05) is 0 Å². The van der Waals surface area contributed by atoms with E-state index in [1.165, 1.54) is 27.2 Å². The second-order valence-electron chi connectivity index (χ2n) is 7.15. The van der Waals surface area contributed by atoms with E-state index in [0.717, 1.165) is 38.0 Å². The highest BCUT2D eigenvalue weighted by Gasteiger charge is 2.39. The minimum atomic E-state index is -1.29. The van der Waals surface area contributed by atoms with Gasteiger partial charge in [0.25, 0.3) is 5.79 Å². The topological polar surface area (TPSA) is 94.2 Å². The summed E-state index contributed by atoms with van der Waals surface area (Å²) < 4.78 is 15.0. The van der Waals surface area contributed by atoms with Crippen LogP contribution >= 0.6 is 0 Å². The first-order valence-electron chi connectivity index (χ1n) is 9.21. The van der Waals surface area contributed by atoms with Crippen LogP contribution in [0.1, 0.15) is 43.5 Å². The van der Waals surface area contributed by atoms with Crippen LogP contribution in [0.5, 0.6) is 0 Å². The summed E-state index contributed by atoms with van der Waals surface area (Å²) in [6, 6.07) is 5.09. The molecule has 2 aliphatic heterocycles. The maximum absolute atomic E-state index is 12.1. The zero-order valence-electron chi connectivity index (χ0n) is 16.2. The molecule has 0 bridgehead atoms. The van der Waals surface area contributed by atoms with E-state index in [2.05, 4.69) is 10.2 Å². The molecule has 1 aromatic rings. The number of anilines is 2. The highest BCUT2D eigenvalue weighted by atomic mass is 16.7. The van der Waals surface area contributed by atoms with Gasteiger partial charge in [0.1, 0.15) is 0 Å². The molecule has 28 heavy (non-hydrogen) atoms. The first-order chi connectivity index (χ1) is 13.3. The highest BCUT2D eigenvalue weighted by Crippen LogP contribution is 2.31. The molecule has 8 heteroatoms. The molecule has 0 spiro atoms. The summed E-state index contributed by atoms with van der Waals surface area (Å²) in [6.45, 7) is 4.70. The number of carbonyl (C=O) groups is 3. The van der Waals surface area contributed by atoms with Gasteiger partial charge in [0.15, 0.2) is 5.57 Å². The Labute approximate surface area is 163 Å². The number of rotatable bonds is 4. The molecule has 0 saturated carbocycles. The van der Waals surface area contributed by atoms with Crippen molar-refractivity contribution in [1.82, 2.24) is 0 Å². The Morgan fingerprint density at radius 1 is 1.14 bits per heavy atom. The number of methoxy groups -OCH3 is 1. The Kier molecular flexibility index (Phi) is 5.58. The Hall–Kier alpha value is -3.03. The normalized spacial score (nSPS) is 18.8. The molecule has 2 fully saturated rings. The number of carbonyl (C=O) groups excluding carboxylic acids is 3. The summed E-state index contributed by atoms with van der Waals surface area (Å²) >= 11 is 0. The number of ether oxygens (including phenoxy) is 3. The van der Waals surface area contributed by atoms with Crippen LogP contribution in [0.25, 0.3) is 0 Å². The Bertz CT molecular complexity index is 802. The lowest BCUT2D eigenvalue weighted by molar-refractivity contribution is -0.222. The fraction of sp³-hybridized carbons (Fsp3) is 0.450. The molecule has 0 amide bonds. The SMILES string of the molecule is COC(=O)c1ccc(NC=C2C(=O)OC(C)(C)OC2=O)c(N2CCCCC2)c1. The van der Waals surface area contributed by atoms with Crippen molar-refractivity contribution in [2.45, 2.75) is 38.9 Å². The average Bonchev–Trinajstić information content (AvgIpc) is 2.66. The van der Waals surface area contributed by atoms with Crippen LogP contribution in [0, 0.1) is 0 Å². The van der Waals surface area contributed by atoms with Gasteiger partial charge in [-0.2, -0.15) is 0 Å². The van der Waals surface area contributed by atoms with Crippen LogP contribution in [0.2, 0.25) is 0 Å². The molecule has 0 radical (unpaired) electrons. The summed E-state index contributed by atoms with van der Waals surface area (Å²) in [5.41, 5.74) is 1.67. The van der Waals surface area contributed by atoms with E-state index >= 15 is 0 Å².